The van der Waals surface area contributed by atoms with Crippen molar-refractivity contribution < 1.29 is 13.6 Å². The van der Waals surface area contributed by atoms with Gasteiger partial charge in [0.2, 0.25) is 5.95 Å². The summed E-state index contributed by atoms with van der Waals surface area (Å²) in [6, 6.07) is 48.1. The van der Waals surface area contributed by atoms with E-state index in [1.807, 2.05) is 96.0 Å². The van der Waals surface area contributed by atoms with Crippen molar-refractivity contribution in [3.63, 3.8) is 0 Å². The predicted molar refractivity (Wildman–Crippen MR) is 262 cm³/mol. The van der Waals surface area contributed by atoms with Crippen LogP contribution >= 0.6 is 0 Å². The Bertz CT molecular complexity index is 3970. The molecule has 0 aliphatic rings. The lowest BCUT2D eigenvalue weighted by atomic mass is 9.89. The van der Waals surface area contributed by atoms with Crippen molar-refractivity contribution in [2.75, 3.05) is 0 Å². The van der Waals surface area contributed by atoms with Crippen molar-refractivity contribution in [1.29, 1.82) is 0 Å². The van der Waals surface area contributed by atoms with Crippen LogP contribution in [0.3, 0.4) is 0 Å². The second kappa shape index (κ2) is 14.6. The molecule has 65 heavy (non-hydrogen) atoms. The maximum atomic E-state index is 8.07. The summed E-state index contributed by atoms with van der Waals surface area (Å²) < 4.78 is 43.9. The number of aromatic nitrogens is 7. The molecule has 12 aromatic rings. The van der Waals surface area contributed by atoms with Crippen LogP contribution in [0, 0.1) is 13.8 Å². The first-order valence-corrected chi connectivity index (χ1v) is 21.6. The highest BCUT2D eigenvalue weighted by atomic mass is 16.5. The minimum Gasteiger partial charge on any atom is -0.457 e. The lowest BCUT2D eigenvalue weighted by Crippen LogP contribution is -2.13. The van der Waals surface area contributed by atoms with Crippen LogP contribution in [0.4, 0.5) is 0 Å². The number of benzene rings is 6. The number of aryl methyl sites for hydroxylation is 2. The molecule has 0 saturated heterocycles. The third-order valence-electron chi connectivity index (χ3n) is 12.3. The Labute approximate surface area is 379 Å². The van der Waals surface area contributed by atoms with E-state index in [0.29, 0.717) is 34.8 Å². The number of pyridine rings is 2. The summed E-state index contributed by atoms with van der Waals surface area (Å²) in [5.41, 5.74) is 7.78. The Hall–Kier alpha value is -8.30. The van der Waals surface area contributed by atoms with Gasteiger partial charge in [0, 0.05) is 85.5 Å². The van der Waals surface area contributed by atoms with Gasteiger partial charge in [-0.1, -0.05) is 57.2 Å². The molecule has 0 bridgehead atoms. The smallest absolute Gasteiger partial charge is 0.234 e. The quantitative estimate of drug-likeness (QED) is 0.159. The van der Waals surface area contributed by atoms with E-state index in [1.165, 1.54) is 6.07 Å². The van der Waals surface area contributed by atoms with Crippen LogP contribution in [0.2, 0.25) is 0 Å². The first-order valence-electron chi connectivity index (χ1n) is 23.1. The van der Waals surface area contributed by atoms with Gasteiger partial charge >= 0.3 is 0 Å². The maximum absolute atomic E-state index is 8.07. The average molecular weight is 849 g/mol. The molecule has 0 fully saturated rings. The number of hydrogen-bond donors (Lipinski definition) is 0. The van der Waals surface area contributed by atoms with Gasteiger partial charge in [-0.25, -0.2) is 19.9 Å². The zero-order valence-corrected chi connectivity index (χ0v) is 36.1. The number of ether oxygens (including phenoxy) is 2. The highest BCUT2D eigenvalue weighted by molar-refractivity contribution is 6.11. The fourth-order valence-corrected chi connectivity index (χ4v) is 9.12. The van der Waals surface area contributed by atoms with E-state index in [0.717, 1.165) is 82.4 Å². The lowest BCUT2D eigenvalue weighted by Gasteiger charge is -2.18. The Morgan fingerprint density at radius 2 is 0.831 bits per heavy atom. The van der Waals surface area contributed by atoms with E-state index in [1.54, 1.807) is 12.3 Å². The summed E-state index contributed by atoms with van der Waals surface area (Å²) in [6.45, 7) is 6.24. The highest BCUT2D eigenvalue weighted by Crippen LogP contribution is 2.40. The van der Waals surface area contributed by atoms with Gasteiger partial charge in [0.05, 0.1) is 33.1 Å². The molecule has 0 N–H and O–H groups in total. The molecule has 0 saturated carbocycles. The van der Waals surface area contributed by atoms with Gasteiger partial charge in [0.25, 0.3) is 0 Å². The Kier molecular flexibility index (Phi) is 7.93. The van der Waals surface area contributed by atoms with Crippen molar-refractivity contribution in [2.24, 2.45) is 0 Å². The van der Waals surface area contributed by atoms with Crippen molar-refractivity contribution >= 4 is 65.4 Å². The zero-order chi connectivity index (χ0) is 46.5. The SMILES string of the molecule is [2H]C([2H])([2H])c1ccnc(-n2c3ccccc3c3ccc(Oc4ccc5c6ccc(Oc7ccc8c9ccccc9n(-c9cc(C)ccn9)c8c7)cc6n(-c6ncc(C(C)(C)C)cn6)c5c4)cc32)c1. The number of para-hydroxylation sites is 2. The van der Waals surface area contributed by atoms with Gasteiger partial charge < -0.3 is 9.47 Å². The molecule has 0 radical (unpaired) electrons. The number of fused-ring (bicyclic) bond motifs is 9. The largest absolute Gasteiger partial charge is 0.457 e. The summed E-state index contributed by atoms with van der Waals surface area (Å²) in [5.74, 6) is 4.43. The fourth-order valence-electron chi connectivity index (χ4n) is 9.12. The van der Waals surface area contributed by atoms with Gasteiger partial charge in [-0.3, -0.25) is 13.7 Å². The van der Waals surface area contributed by atoms with Gasteiger partial charge in [0.1, 0.15) is 34.6 Å². The minimum atomic E-state index is -2.28. The van der Waals surface area contributed by atoms with Crippen LogP contribution in [0.15, 0.2) is 170 Å². The topological polar surface area (TPSA) is 84.8 Å². The van der Waals surface area contributed by atoms with Crippen LogP contribution in [-0.2, 0) is 5.41 Å². The maximum Gasteiger partial charge on any atom is 0.234 e. The van der Waals surface area contributed by atoms with Gasteiger partial charge in [-0.05, 0) is 121 Å². The van der Waals surface area contributed by atoms with Crippen molar-refractivity contribution in [2.45, 2.75) is 40.0 Å². The second-order valence-corrected chi connectivity index (χ2v) is 17.6. The van der Waals surface area contributed by atoms with Crippen molar-refractivity contribution in [1.82, 2.24) is 33.6 Å². The van der Waals surface area contributed by atoms with Crippen LogP contribution in [0.1, 0.15) is 41.6 Å². The number of nitrogens with zero attached hydrogens (tertiary/aromatic N) is 7. The van der Waals surface area contributed by atoms with Crippen LogP contribution in [0.5, 0.6) is 23.0 Å². The van der Waals surface area contributed by atoms with E-state index in [4.69, 9.17) is 28.5 Å². The molecule has 6 aromatic heterocycles. The van der Waals surface area contributed by atoms with Crippen LogP contribution in [-0.4, -0.2) is 33.6 Å². The molecular formula is C56H43N7O2. The normalized spacial score (nSPS) is 13.0. The second-order valence-electron chi connectivity index (χ2n) is 17.6. The summed E-state index contributed by atoms with van der Waals surface area (Å²) in [5, 5.41) is 6.26. The Balaban J connectivity index is 0.966. The van der Waals surface area contributed by atoms with Crippen molar-refractivity contribution in [3.8, 4) is 40.6 Å². The molecule has 12 rings (SSSR count). The monoisotopic (exact) mass is 848 g/mol. The molecule has 9 nitrogen and oxygen atoms in total. The number of hydrogen-bond acceptors (Lipinski definition) is 6. The van der Waals surface area contributed by atoms with E-state index in [2.05, 4.69) is 102 Å². The van der Waals surface area contributed by atoms with Gasteiger partial charge in [0.15, 0.2) is 0 Å². The van der Waals surface area contributed by atoms with E-state index in [-0.39, 0.29) is 11.0 Å². The Morgan fingerprint density at radius 3 is 1.26 bits per heavy atom. The first-order chi connectivity index (χ1) is 32.9. The molecule has 0 unspecified atom stereocenters. The number of rotatable bonds is 7. The van der Waals surface area contributed by atoms with E-state index >= 15 is 0 Å². The molecule has 0 aliphatic heterocycles. The fraction of sp³-hybridized carbons (Fsp3) is 0.107. The third-order valence-corrected chi connectivity index (χ3v) is 12.3. The molecule has 9 heteroatoms. The summed E-state index contributed by atoms with van der Waals surface area (Å²) in [6.07, 6.45) is 7.19. The molecule has 0 spiro atoms. The first kappa shape index (κ1) is 35.2. The predicted octanol–water partition coefficient (Wildman–Crippen LogP) is 14.1. The van der Waals surface area contributed by atoms with E-state index in [9.17, 15) is 0 Å². The minimum absolute atomic E-state index is 0.134. The summed E-state index contributed by atoms with van der Waals surface area (Å²) in [4.78, 5) is 19.3. The lowest BCUT2D eigenvalue weighted by molar-refractivity contribution is 0.484. The van der Waals surface area contributed by atoms with Crippen LogP contribution < -0.4 is 9.47 Å². The van der Waals surface area contributed by atoms with Gasteiger partial charge in [-0.15, -0.1) is 0 Å². The zero-order valence-electron chi connectivity index (χ0n) is 39.1. The van der Waals surface area contributed by atoms with Crippen LogP contribution in [0.25, 0.3) is 83.0 Å². The standard InChI is InChI=1S/C56H43N7O2/c1-34-22-24-57-53(26-34)61-47-12-8-6-10-41(47)43-18-14-37(28-49(43)61)64-39-16-20-45-46-21-17-40(31-52(46)63(51(45)30-39)55-59-32-36(33-60-55)56(3,4)5)65-38-15-19-44-42-11-7-9-13-48(42)62(50(44)29-38)54-27-35(2)23-25-58-54/h6-33H,1-5H3/i1D3. The molecule has 314 valence electrons. The summed E-state index contributed by atoms with van der Waals surface area (Å²) >= 11 is 0. The molecule has 6 aromatic carbocycles. The molecular weight excluding hydrogens is 803 g/mol. The van der Waals surface area contributed by atoms with Crippen molar-refractivity contribution in [3.05, 3.63) is 187 Å². The molecule has 6 heterocycles. The third kappa shape index (κ3) is 6.46. The highest BCUT2D eigenvalue weighted by Gasteiger charge is 2.21. The summed E-state index contributed by atoms with van der Waals surface area (Å²) in [7, 11) is 0. The van der Waals surface area contributed by atoms with Gasteiger partial charge in [-0.2, -0.15) is 0 Å². The van der Waals surface area contributed by atoms with E-state index < -0.39 is 6.85 Å². The Morgan fingerprint density at radius 1 is 0.431 bits per heavy atom. The molecule has 0 amide bonds. The molecule has 0 aliphatic carbocycles. The average Bonchev–Trinajstić information content (AvgIpc) is 3.95. The molecule has 0 atom stereocenters.